The molecular weight excluding hydrogens is 410 g/mol. The molecule has 2 aromatic carbocycles. The van der Waals surface area contributed by atoms with Gasteiger partial charge in [0.25, 0.3) is 11.8 Å². The fourth-order valence-electron chi connectivity index (χ4n) is 4.64. The molecule has 1 fully saturated rings. The zero-order chi connectivity index (χ0) is 23.0. The number of anilines is 1. The summed E-state index contributed by atoms with van der Waals surface area (Å²) in [6, 6.07) is 9.27. The lowest BCUT2D eigenvalue weighted by Gasteiger charge is -2.51. The van der Waals surface area contributed by atoms with Gasteiger partial charge in [0.1, 0.15) is 5.66 Å². The third kappa shape index (κ3) is 3.49. The van der Waals surface area contributed by atoms with Crippen LogP contribution in [0.3, 0.4) is 0 Å². The number of nitrogens with one attached hydrogen (secondary N) is 1. The summed E-state index contributed by atoms with van der Waals surface area (Å²) in [5.74, 6) is 1.15. The number of rotatable bonds is 4. The Morgan fingerprint density at radius 2 is 1.62 bits per heavy atom. The van der Waals surface area contributed by atoms with Crippen molar-refractivity contribution in [3.8, 4) is 17.2 Å². The Bertz CT molecular complexity index is 1030. The molecule has 1 spiro atoms. The normalized spacial score (nSPS) is 17.0. The molecule has 170 valence electrons. The first-order valence-electron chi connectivity index (χ1n) is 10.6. The van der Waals surface area contributed by atoms with Crippen molar-refractivity contribution >= 4 is 17.5 Å². The highest BCUT2D eigenvalue weighted by molar-refractivity contribution is 6.03. The second kappa shape index (κ2) is 8.26. The maximum absolute atomic E-state index is 13.3. The van der Waals surface area contributed by atoms with E-state index < -0.39 is 5.66 Å². The van der Waals surface area contributed by atoms with Crippen molar-refractivity contribution in [1.29, 1.82) is 0 Å². The molecule has 2 amide bonds. The summed E-state index contributed by atoms with van der Waals surface area (Å²) < 4.78 is 16.1. The van der Waals surface area contributed by atoms with Crippen molar-refractivity contribution in [2.24, 2.45) is 0 Å². The fourth-order valence-corrected chi connectivity index (χ4v) is 4.64. The fraction of sp³-hybridized carbons (Fsp3) is 0.417. The van der Waals surface area contributed by atoms with E-state index in [2.05, 4.69) is 10.2 Å². The first kappa shape index (κ1) is 21.8. The molecule has 32 heavy (non-hydrogen) atoms. The SMILES string of the molecule is COc1cc(C(=O)N2CCC3(CC2)NC(=O)c2cc(C)ccc2N3C)cc(OC)c1OC. The summed E-state index contributed by atoms with van der Waals surface area (Å²) in [5, 5.41) is 3.21. The van der Waals surface area contributed by atoms with Crippen molar-refractivity contribution in [1.82, 2.24) is 10.2 Å². The van der Waals surface area contributed by atoms with E-state index in [1.807, 2.05) is 32.2 Å². The van der Waals surface area contributed by atoms with Crippen molar-refractivity contribution < 1.29 is 23.8 Å². The molecule has 1 saturated heterocycles. The van der Waals surface area contributed by atoms with Gasteiger partial charge in [-0.25, -0.2) is 0 Å². The number of piperidine rings is 1. The van der Waals surface area contributed by atoms with E-state index in [1.54, 1.807) is 17.0 Å². The van der Waals surface area contributed by atoms with Gasteiger partial charge in [0.05, 0.1) is 32.6 Å². The molecule has 8 heteroatoms. The number of likely N-dealkylation sites (tertiary alicyclic amines) is 1. The molecule has 2 aliphatic heterocycles. The second-order valence-electron chi connectivity index (χ2n) is 8.27. The van der Waals surface area contributed by atoms with Crippen LogP contribution in [0.4, 0.5) is 5.69 Å². The van der Waals surface area contributed by atoms with E-state index in [4.69, 9.17) is 14.2 Å². The van der Waals surface area contributed by atoms with Crippen LogP contribution in [-0.4, -0.2) is 63.8 Å². The molecule has 1 N–H and O–H groups in total. The Balaban J connectivity index is 1.55. The monoisotopic (exact) mass is 439 g/mol. The van der Waals surface area contributed by atoms with Crippen molar-refractivity contribution in [2.45, 2.75) is 25.4 Å². The Morgan fingerprint density at radius 1 is 1.00 bits per heavy atom. The Morgan fingerprint density at radius 3 is 2.19 bits per heavy atom. The topological polar surface area (TPSA) is 80.3 Å². The van der Waals surface area contributed by atoms with Crippen LogP contribution in [-0.2, 0) is 0 Å². The number of amides is 2. The number of carbonyl (C=O) groups is 2. The third-order valence-electron chi connectivity index (χ3n) is 6.54. The summed E-state index contributed by atoms with van der Waals surface area (Å²) in [4.78, 5) is 30.0. The summed E-state index contributed by atoms with van der Waals surface area (Å²) >= 11 is 0. The van der Waals surface area contributed by atoms with Crippen LogP contribution in [0, 0.1) is 6.92 Å². The summed E-state index contributed by atoms with van der Waals surface area (Å²) in [6.45, 7) is 3.01. The van der Waals surface area contributed by atoms with Gasteiger partial charge in [-0.15, -0.1) is 0 Å². The molecule has 0 aliphatic carbocycles. The smallest absolute Gasteiger partial charge is 0.255 e. The Labute approximate surface area is 188 Å². The molecule has 0 atom stereocenters. The number of fused-ring (bicyclic) bond motifs is 1. The number of nitrogens with zero attached hydrogens (tertiary/aromatic N) is 2. The number of carbonyl (C=O) groups excluding carboxylic acids is 2. The lowest BCUT2D eigenvalue weighted by molar-refractivity contribution is 0.0608. The third-order valence-corrected chi connectivity index (χ3v) is 6.54. The average Bonchev–Trinajstić information content (AvgIpc) is 2.81. The van der Waals surface area contributed by atoms with Gasteiger partial charge in [-0.2, -0.15) is 0 Å². The summed E-state index contributed by atoms with van der Waals surface area (Å²) in [6.07, 6.45) is 1.25. The number of methoxy groups -OCH3 is 3. The number of benzene rings is 2. The van der Waals surface area contributed by atoms with Gasteiger partial charge in [-0.05, 0) is 31.2 Å². The van der Waals surface area contributed by atoms with Crippen molar-refractivity contribution in [3.05, 3.63) is 47.0 Å². The van der Waals surface area contributed by atoms with E-state index >= 15 is 0 Å². The molecule has 0 bridgehead atoms. The van der Waals surface area contributed by atoms with Gasteiger partial charge in [0, 0.05) is 38.5 Å². The Kier molecular flexibility index (Phi) is 5.62. The molecule has 0 aromatic heterocycles. The van der Waals surface area contributed by atoms with Gasteiger partial charge in [0.15, 0.2) is 11.5 Å². The molecule has 0 unspecified atom stereocenters. The van der Waals surface area contributed by atoms with Crippen LogP contribution in [0.15, 0.2) is 30.3 Å². The number of hydrogen-bond acceptors (Lipinski definition) is 6. The van der Waals surface area contributed by atoms with Crippen LogP contribution in [0.2, 0.25) is 0 Å². The average molecular weight is 440 g/mol. The molecule has 2 aromatic rings. The second-order valence-corrected chi connectivity index (χ2v) is 8.27. The number of ether oxygens (including phenoxy) is 3. The maximum atomic E-state index is 13.3. The standard InChI is InChI=1S/C24H29N3O5/c1-15-6-7-18-17(12-15)22(28)25-24(26(18)2)8-10-27(11-9-24)23(29)16-13-19(30-3)21(32-5)20(14-16)31-4/h6-7,12-14H,8-11H2,1-5H3,(H,25,28). The predicted molar refractivity (Wildman–Crippen MR) is 121 cm³/mol. The zero-order valence-electron chi connectivity index (χ0n) is 19.2. The van der Waals surface area contributed by atoms with Crippen LogP contribution in [0.5, 0.6) is 17.2 Å². The highest BCUT2D eigenvalue weighted by Crippen LogP contribution is 2.40. The van der Waals surface area contributed by atoms with E-state index in [0.29, 0.717) is 54.3 Å². The minimum Gasteiger partial charge on any atom is -0.493 e. The first-order valence-corrected chi connectivity index (χ1v) is 10.6. The highest BCUT2D eigenvalue weighted by atomic mass is 16.5. The lowest BCUT2D eigenvalue weighted by atomic mass is 9.89. The van der Waals surface area contributed by atoms with E-state index in [0.717, 1.165) is 11.3 Å². The van der Waals surface area contributed by atoms with Crippen LogP contribution in [0.25, 0.3) is 0 Å². The summed E-state index contributed by atoms with van der Waals surface area (Å²) in [5.41, 5.74) is 2.62. The first-order chi connectivity index (χ1) is 15.3. The summed E-state index contributed by atoms with van der Waals surface area (Å²) in [7, 11) is 6.58. The van der Waals surface area contributed by atoms with Crippen molar-refractivity contribution in [3.63, 3.8) is 0 Å². The lowest BCUT2D eigenvalue weighted by Crippen LogP contribution is -2.67. The minimum absolute atomic E-state index is 0.0637. The van der Waals surface area contributed by atoms with Gasteiger partial charge >= 0.3 is 0 Å². The zero-order valence-corrected chi connectivity index (χ0v) is 19.2. The molecule has 2 aliphatic rings. The molecule has 4 rings (SSSR count). The van der Waals surface area contributed by atoms with Crippen LogP contribution in [0.1, 0.15) is 39.1 Å². The van der Waals surface area contributed by atoms with Crippen molar-refractivity contribution in [2.75, 3.05) is 46.4 Å². The van der Waals surface area contributed by atoms with E-state index in [9.17, 15) is 9.59 Å². The quantitative estimate of drug-likeness (QED) is 0.789. The Hall–Kier alpha value is -3.42. The molecule has 2 heterocycles. The highest BCUT2D eigenvalue weighted by Gasteiger charge is 2.45. The number of aryl methyl sites for hydroxylation is 1. The maximum Gasteiger partial charge on any atom is 0.255 e. The molecule has 8 nitrogen and oxygen atoms in total. The molecular formula is C24H29N3O5. The van der Waals surface area contributed by atoms with E-state index in [-0.39, 0.29) is 11.8 Å². The predicted octanol–water partition coefficient (Wildman–Crippen LogP) is 2.83. The van der Waals surface area contributed by atoms with Gasteiger partial charge in [-0.3, -0.25) is 9.59 Å². The van der Waals surface area contributed by atoms with Gasteiger partial charge in [-0.1, -0.05) is 11.6 Å². The van der Waals surface area contributed by atoms with Crippen LogP contribution >= 0.6 is 0 Å². The number of hydrogen-bond donors (Lipinski definition) is 1. The van der Waals surface area contributed by atoms with Gasteiger partial charge < -0.3 is 29.3 Å². The molecule has 0 saturated carbocycles. The van der Waals surface area contributed by atoms with Crippen LogP contribution < -0.4 is 24.4 Å². The largest absolute Gasteiger partial charge is 0.493 e. The van der Waals surface area contributed by atoms with E-state index in [1.165, 1.54) is 21.3 Å². The van der Waals surface area contributed by atoms with Gasteiger partial charge in [0.2, 0.25) is 5.75 Å². The minimum atomic E-state index is -0.509. The molecule has 0 radical (unpaired) electrons.